The molecule has 18 nitrogen and oxygen atoms in total. The fourth-order valence-corrected chi connectivity index (χ4v) is 13.0. The number of hydrogen-bond donors (Lipinski definition) is 1. The van der Waals surface area contributed by atoms with Gasteiger partial charge in [-0.15, -0.1) is 0 Å². The summed E-state index contributed by atoms with van der Waals surface area (Å²) in [5, 5.41) is 25.7. The molecule has 2 heterocycles. The van der Waals surface area contributed by atoms with E-state index >= 15 is 0 Å². The van der Waals surface area contributed by atoms with Crippen molar-refractivity contribution >= 4 is 59.4 Å². The number of nitro benzene ring substituents is 2. The molecule has 2 saturated heterocycles. The van der Waals surface area contributed by atoms with Crippen LogP contribution < -0.4 is 14.6 Å². The van der Waals surface area contributed by atoms with Gasteiger partial charge in [-0.2, -0.15) is 0 Å². The topological polar surface area (TPSA) is 213 Å². The monoisotopic (exact) mass is 916 g/mol. The molecule has 1 N–H and O–H groups in total. The maximum absolute atomic E-state index is 12.9. The van der Waals surface area contributed by atoms with Gasteiger partial charge in [-0.05, 0) is 114 Å². The van der Waals surface area contributed by atoms with Crippen LogP contribution in [0.5, 0.6) is 23.0 Å². The highest BCUT2D eigenvalue weighted by molar-refractivity contribution is 8.55. The maximum Gasteiger partial charge on any atom is 0.329 e. The zero-order valence-corrected chi connectivity index (χ0v) is 37.5. The second kappa shape index (κ2) is 21.3. The van der Waals surface area contributed by atoms with Crippen LogP contribution in [0.15, 0.2) is 84.9 Å². The largest absolute Gasteiger partial charge is 0.450 e. The molecule has 0 bridgehead atoms. The quantitative estimate of drug-likeness (QED) is 0.0709. The van der Waals surface area contributed by atoms with E-state index in [4.69, 9.17) is 18.5 Å². The third-order valence-corrected chi connectivity index (χ3v) is 17.8. The van der Waals surface area contributed by atoms with Crippen LogP contribution in [0.3, 0.4) is 0 Å². The zero-order valence-electron chi connectivity index (χ0n) is 34.1. The molecule has 2 atom stereocenters. The number of hydrogen-bond acceptors (Lipinski definition) is 14. The Morgan fingerprint density at radius 3 is 1.59 bits per heavy atom. The Morgan fingerprint density at radius 2 is 1.18 bits per heavy atom. The highest BCUT2D eigenvalue weighted by Crippen LogP contribution is 2.64. The summed E-state index contributed by atoms with van der Waals surface area (Å²) >= 11 is 2.33. The van der Waals surface area contributed by atoms with Crippen LogP contribution in [0.1, 0.15) is 44.7 Å². The van der Waals surface area contributed by atoms with E-state index in [0.29, 0.717) is 66.0 Å². The highest BCUT2D eigenvalue weighted by atomic mass is 32.7. The number of carbonyl (C=O) groups is 2. The first kappa shape index (κ1) is 47.3. The molecule has 2 aliphatic rings. The molecule has 0 spiro atoms. The number of ether oxygens (including phenoxy) is 2. The Bertz CT molecular complexity index is 2310. The van der Waals surface area contributed by atoms with E-state index in [1.165, 1.54) is 33.3 Å². The van der Waals surface area contributed by atoms with Crippen molar-refractivity contribution in [1.29, 1.82) is 0 Å². The van der Waals surface area contributed by atoms with E-state index in [9.17, 15) is 38.9 Å². The normalized spacial score (nSPS) is 18.8. The molecule has 4 aromatic carbocycles. The van der Waals surface area contributed by atoms with E-state index in [-0.39, 0.29) is 34.7 Å². The SMILES string of the molecule is CN(C)C(=O)c1ccc(Oc2cc(CSP3(=O)NCCCO3)ccc2[N+](=O)[O-])cc1.CN(C)C(=O)c1ccc(Oc2cc(CSP3(=O)OCCCN3C)ccc2[N+](=O)[O-])cc1. The fourth-order valence-electron chi connectivity index (χ4n) is 5.61. The molecule has 326 valence electrons. The molecular formula is C39H46N6O12P2S2. The van der Waals surface area contributed by atoms with Crippen LogP contribution in [-0.2, 0) is 29.7 Å². The molecule has 0 radical (unpaired) electrons. The van der Waals surface area contributed by atoms with Crippen LogP contribution in [0.25, 0.3) is 0 Å². The summed E-state index contributed by atoms with van der Waals surface area (Å²) < 4.78 is 49.6. The summed E-state index contributed by atoms with van der Waals surface area (Å²) in [4.78, 5) is 48.7. The van der Waals surface area contributed by atoms with Crippen LogP contribution in [0.2, 0.25) is 0 Å². The van der Waals surface area contributed by atoms with Gasteiger partial charge >= 0.3 is 24.8 Å². The lowest BCUT2D eigenvalue weighted by molar-refractivity contribution is -0.385. The minimum atomic E-state index is -2.97. The van der Waals surface area contributed by atoms with Crippen molar-refractivity contribution in [2.45, 2.75) is 24.3 Å². The molecule has 2 fully saturated rings. The van der Waals surface area contributed by atoms with Gasteiger partial charge in [0.05, 0.1) is 23.1 Å². The van der Waals surface area contributed by atoms with Crippen molar-refractivity contribution in [1.82, 2.24) is 19.6 Å². The Hall–Kier alpha value is -4.78. The number of nitro groups is 2. The average molecular weight is 917 g/mol. The Kier molecular flexibility index (Phi) is 16.5. The summed E-state index contributed by atoms with van der Waals surface area (Å²) in [7, 11) is 8.39. The first-order valence-corrected chi connectivity index (χ1v) is 25.1. The summed E-state index contributed by atoms with van der Waals surface area (Å²) in [5.74, 6) is 1.27. The smallest absolute Gasteiger partial charge is 0.329 e. The molecule has 0 aliphatic carbocycles. The maximum atomic E-state index is 12.9. The first-order valence-electron chi connectivity index (χ1n) is 18.8. The van der Waals surface area contributed by atoms with Gasteiger partial charge in [-0.25, -0.2) is 9.76 Å². The fraction of sp³-hybridized carbons (Fsp3) is 0.333. The van der Waals surface area contributed by atoms with E-state index in [2.05, 4.69) is 5.09 Å². The van der Waals surface area contributed by atoms with Gasteiger partial charge in [-0.3, -0.25) is 38.9 Å². The van der Waals surface area contributed by atoms with Crippen LogP contribution in [0.4, 0.5) is 11.4 Å². The van der Waals surface area contributed by atoms with Crippen LogP contribution in [-0.4, -0.2) is 97.7 Å². The van der Waals surface area contributed by atoms with E-state index in [1.54, 1.807) is 113 Å². The first-order chi connectivity index (χ1) is 29.0. The molecule has 6 rings (SSSR count). The number of amides is 2. The van der Waals surface area contributed by atoms with Crippen LogP contribution >= 0.6 is 36.2 Å². The number of rotatable bonds is 14. The van der Waals surface area contributed by atoms with E-state index in [1.807, 2.05) is 0 Å². The second-order valence-electron chi connectivity index (χ2n) is 13.9. The highest BCUT2D eigenvalue weighted by Gasteiger charge is 2.33. The standard InChI is InChI=1S/C20H24N3O6PS.C19H22N3O6PS/c1-21(2)20(24)16-6-8-17(9-7-16)29-19-13-15(5-10-18(19)23(25)26)14-31-30(27)22(3)11-4-12-28-30;1-21(2)19(23)15-5-7-16(8-6-15)28-18-12-14(4-9-17(18)22(24)25)13-30-29(26)20-10-3-11-27-29/h5-10,13H,4,11-12,14H2,1-3H3;4-9,12H,3,10-11,13H2,1-2H3,(H,20,26). The summed E-state index contributed by atoms with van der Waals surface area (Å²) in [6, 6.07) is 21.8. The van der Waals surface area contributed by atoms with Gasteiger partial charge in [0.2, 0.25) is 11.5 Å². The molecule has 2 aliphatic heterocycles. The Labute approximate surface area is 361 Å². The summed E-state index contributed by atoms with van der Waals surface area (Å²) in [6.07, 6.45) is 1.63. The number of nitrogens with one attached hydrogen (secondary N) is 1. The minimum absolute atomic E-state index is 0.0700. The molecule has 2 unspecified atom stereocenters. The van der Waals surface area contributed by atoms with Crippen molar-refractivity contribution in [3.8, 4) is 23.0 Å². The molecular weight excluding hydrogens is 871 g/mol. The van der Waals surface area contributed by atoms with Crippen molar-refractivity contribution in [2.24, 2.45) is 0 Å². The average Bonchev–Trinajstić information content (AvgIpc) is 3.24. The lowest BCUT2D eigenvalue weighted by atomic mass is 10.2. The number of nitrogens with zero attached hydrogens (tertiary/aromatic N) is 5. The third kappa shape index (κ3) is 13.1. The summed E-state index contributed by atoms with van der Waals surface area (Å²) in [5.41, 5.74) is 2.04. The van der Waals surface area contributed by atoms with E-state index in [0.717, 1.165) is 29.8 Å². The van der Waals surface area contributed by atoms with Gasteiger partial charge in [-0.1, -0.05) is 12.1 Å². The van der Waals surface area contributed by atoms with Crippen molar-refractivity contribution in [2.75, 3.05) is 61.5 Å². The number of carbonyl (C=O) groups excluding carboxylic acids is 2. The van der Waals surface area contributed by atoms with Gasteiger partial charge in [0.1, 0.15) is 11.5 Å². The van der Waals surface area contributed by atoms with Crippen molar-refractivity contribution in [3.63, 3.8) is 0 Å². The molecule has 61 heavy (non-hydrogen) atoms. The lowest BCUT2D eigenvalue weighted by Gasteiger charge is -2.31. The third-order valence-electron chi connectivity index (χ3n) is 8.89. The number of benzene rings is 4. The molecule has 4 aromatic rings. The van der Waals surface area contributed by atoms with E-state index < -0.39 is 23.3 Å². The van der Waals surface area contributed by atoms with Gasteiger partial charge in [0, 0.05) is 76.0 Å². The van der Waals surface area contributed by atoms with Gasteiger partial charge < -0.3 is 28.3 Å². The Balaban J connectivity index is 0.000000231. The van der Waals surface area contributed by atoms with Crippen molar-refractivity contribution < 1.29 is 47.1 Å². The molecule has 2 amide bonds. The lowest BCUT2D eigenvalue weighted by Crippen LogP contribution is -2.23. The second-order valence-corrected chi connectivity index (χ2v) is 22.9. The molecule has 0 aromatic heterocycles. The van der Waals surface area contributed by atoms with Crippen molar-refractivity contribution in [3.05, 3.63) is 127 Å². The predicted molar refractivity (Wildman–Crippen MR) is 235 cm³/mol. The minimum Gasteiger partial charge on any atom is -0.450 e. The Morgan fingerprint density at radius 1 is 0.721 bits per heavy atom. The van der Waals surface area contributed by atoms with Crippen LogP contribution in [0, 0.1) is 20.2 Å². The molecule has 0 saturated carbocycles. The van der Waals surface area contributed by atoms with Gasteiger partial charge in [0.25, 0.3) is 11.8 Å². The zero-order chi connectivity index (χ0) is 44.3. The van der Waals surface area contributed by atoms with Gasteiger partial charge in [0.15, 0.2) is 0 Å². The molecule has 22 heteroatoms. The predicted octanol–water partition coefficient (Wildman–Crippen LogP) is 9.22. The summed E-state index contributed by atoms with van der Waals surface area (Å²) in [6.45, 7) is -3.70.